The summed E-state index contributed by atoms with van der Waals surface area (Å²) in [7, 11) is 0. The second-order valence-electron chi connectivity index (χ2n) is 7.65. The van der Waals surface area contributed by atoms with Gasteiger partial charge in [-0.2, -0.15) is 0 Å². The van der Waals surface area contributed by atoms with Crippen LogP contribution in [0.1, 0.15) is 51.9 Å². The summed E-state index contributed by atoms with van der Waals surface area (Å²) in [6, 6.07) is 0.756. The average Bonchev–Trinajstić information content (AvgIpc) is 2.37. The van der Waals surface area contributed by atoms with E-state index in [1.165, 1.54) is 45.3 Å². The van der Waals surface area contributed by atoms with Crippen molar-refractivity contribution in [1.82, 2.24) is 10.2 Å². The monoisotopic (exact) mass is 248 g/mol. The Kier molecular flexibility index (Phi) is 2.74. The van der Waals surface area contributed by atoms with Crippen LogP contribution in [0.25, 0.3) is 0 Å². The highest BCUT2D eigenvalue weighted by Gasteiger charge is 2.53. The van der Waals surface area contributed by atoms with Crippen LogP contribution >= 0.6 is 0 Å². The molecule has 1 aliphatic heterocycles. The van der Waals surface area contributed by atoms with Crippen LogP contribution in [0, 0.1) is 17.8 Å². The third kappa shape index (κ3) is 1.76. The number of nitrogens with zero attached hydrogens (tertiary/aromatic N) is 1. The number of hydrogen-bond donors (Lipinski definition) is 1. The van der Waals surface area contributed by atoms with Gasteiger partial charge < -0.3 is 5.32 Å². The summed E-state index contributed by atoms with van der Waals surface area (Å²) in [4.78, 5) is 2.92. The highest BCUT2D eigenvalue weighted by molar-refractivity contribution is 5.08. The molecule has 0 spiro atoms. The number of hydrogen-bond acceptors (Lipinski definition) is 2. The summed E-state index contributed by atoms with van der Waals surface area (Å²) in [5.74, 6) is 3.27. The zero-order valence-electron chi connectivity index (χ0n) is 11.8. The molecule has 4 saturated carbocycles. The third-order valence-electron chi connectivity index (χ3n) is 6.43. The second kappa shape index (κ2) is 4.21. The van der Waals surface area contributed by atoms with Crippen LogP contribution in [0.15, 0.2) is 0 Å². The molecule has 4 aliphatic carbocycles. The molecule has 5 aliphatic rings. The molecule has 0 radical (unpaired) electrons. The Morgan fingerprint density at radius 2 is 1.67 bits per heavy atom. The van der Waals surface area contributed by atoms with Gasteiger partial charge in [-0.05, 0) is 62.7 Å². The molecule has 18 heavy (non-hydrogen) atoms. The van der Waals surface area contributed by atoms with Crippen LogP contribution in [0.2, 0.25) is 0 Å². The Hall–Kier alpha value is -0.0800. The normalized spacial score (nSPS) is 51.8. The summed E-state index contributed by atoms with van der Waals surface area (Å²) in [5.41, 5.74) is 0.643. The maximum atomic E-state index is 3.69. The van der Waals surface area contributed by atoms with Gasteiger partial charge in [0, 0.05) is 31.2 Å². The van der Waals surface area contributed by atoms with Crippen molar-refractivity contribution in [3.63, 3.8) is 0 Å². The van der Waals surface area contributed by atoms with Gasteiger partial charge in [-0.1, -0.05) is 6.92 Å². The van der Waals surface area contributed by atoms with Crippen LogP contribution in [0.5, 0.6) is 0 Å². The molecule has 1 atom stereocenters. The highest BCUT2D eigenvalue weighted by atomic mass is 15.3. The molecule has 5 fully saturated rings. The Balaban J connectivity index is 1.56. The van der Waals surface area contributed by atoms with Crippen molar-refractivity contribution < 1.29 is 0 Å². The van der Waals surface area contributed by atoms with Gasteiger partial charge >= 0.3 is 0 Å². The first-order valence-electron chi connectivity index (χ1n) is 8.26. The van der Waals surface area contributed by atoms with Crippen molar-refractivity contribution in [2.45, 2.75) is 63.5 Å². The minimum Gasteiger partial charge on any atom is -0.311 e. The Labute approximate surface area is 111 Å². The lowest BCUT2D eigenvalue weighted by atomic mass is 9.52. The summed E-state index contributed by atoms with van der Waals surface area (Å²) in [6.45, 7) is 6.19. The molecule has 0 amide bonds. The first kappa shape index (κ1) is 11.7. The van der Waals surface area contributed by atoms with Gasteiger partial charge in [0.15, 0.2) is 0 Å². The van der Waals surface area contributed by atoms with Gasteiger partial charge in [-0.25, -0.2) is 0 Å². The zero-order valence-corrected chi connectivity index (χ0v) is 11.8. The van der Waals surface area contributed by atoms with Crippen molar-refractivity contribution >= 4 is 0 Å². The largest absolute Gasteiger partial charge is 0.311 e. The van der Waals surface area contributed by atoms with Gasteiger partial charge in [0.25, 0.3) is 0 Å². The fourth-order valence-corrected chi connectivity index (χ4v) is 5.98. The van der Waals surface area contributed by atoms with Crippen LogP contribution in [0.4, 0.5) is 0 Å². The molecule has 5 rings (SSSR count). The first-order chi connectivity index (χ1) is 8.77. The summed E-state index contributed by atoms with van der Waals surface area (Å²) < 4.78 is 0. The van der Waals surface area contributed by atoms with Crippen molar-refractivity contribution in [3.8, 4) is 0 Å². The minimum atomic E-state index is 0.643. The SMILES string of the molecule is CCC1CN(C23CC4CC(CC(C4)C2)C3)CCN1. The molecule has 4 bridgehead atoms. The van der Waals surface area contributed by atoms with Gasteiger partial charge in [0.05, 0.1) is 0 Å². The molecule has 1 unspecified atom stereocenters. The Morgan fingerprint density at radius 1 is 1.06 bits per heavy atom. The molecular weight excluding hydrogens is 220 g/mol. The maximum absolute atomic E-state index is 3.69. The zero-order chi connectivity index (χ0) is 12.2. The lowest BCUT2D eigenvalue weighted by Gasteiger charge is -2.61. The summed E-state index contributed by atoms with van der Waals surface area (Å²) >= 11 is 0. The van der Waals surface area contributed by atoms with Gasteiger partial charge in [-0.15, -0.1) is 0 Å². The predicted octanol–water partition coefficient (Wildman–Crippen LogP) is 2.64. The van der Waals surface area contributed by atoms with Crippen molar-refractivity contribution in [2.75, 3.05) is 19.6 Å². The fourth-order valence-electron chi connectivity index (χ4n) is 5.98. The molecule has 102 valence electrons. The van der Waals surface area contributed by atoms with Gasteiger partial charge in [-0.3, -0.25) is 4.90 Å². The lowest BCUT2D eigenvalue weighted by molar-refractivity contribution is -0.0966. The quantitative estimate of drug-likeness (QED) is 0.808. The molecule has 0 aromatic carbocycles. The molecule has 1 N–H and O–H groups in total. The smallest absolute Gasteiger partial charge is 0.0218 e. The standard InChI is InChI=1S/C16H28N2/c1-2-15-11-18(4-3-17-15)16-8-12-5-13(9-16)7-14(6-12)10-16/h12-15,17H,2-11H2,1H3. The van der Waals surface area contributed by atoms with Crippen molar-refractivity contribution in [3.05, 3.63) is 0 Å². The van der Waals surface area contributed by atoms with E-state index in [0.717, 1.165) is 23.8 Å². The third-order valence-corrected chi connectivity index (χ3v) is 6.43. The summed E-state index contributed by atoms with van der Waals surface area (Å²) in [5, 5.41) is 3.69. The minimum absolute atomic E-state index is 0.643. The number of rotatable bonds is 2. The lowest BCUT2D eigenvalue weighted by Crippen LogP contribution is -2.65. The van der Waals surface area contributed by atoms with Crippen LogP contribution in [-0.4, -0.2) is 36.1 Å². The Bertz CT molecular complexity index is 290. The van der Waals surface area contributed by atoms with Gasteiger partial charge in [0.1, 0.15) is 0 Å². The Morgan fingerprint density at radius 3 is 2.22 bits per heavy atom. The molecule has 2 nitrogen and oxygen atoms in total. The van der Waals surface area contributed by atoms with E-state index in [-0.39, 0.29) is 0 Å². The van der Waals surface area contributed by atoms with E-state index in [0.29, 0.717) is 5.54 Å². The van der Waals surface area contributed by atoms with Crippen LogP contribution in [-0.2, 0) is 0 Å². The highest BCUT2D eigenvalue weighted by Crippen LogP contribution is 2.57. The topological polar surface area (TPSA) is 15.3 Å². The maximum Gasteiger partial charge on any atom is 0.0218 e. The molecular formula is C16H28N2. The molecule has 0 aromatic rings. The van der Waals surface area contributed by atoms with Crippen LogP contribution in [0.3, 0.4) is 0 Å². The van der Waals surface area contributed by atoms with Gasteiger partial charge in [0.2, 0.25) is 0 Å². The van der Waals surface area contributed by atoms with Crippen LogP contribution < -0.4 is 5.32 Å². The fraction of sp³-hybridized carbons (Fsp3) is 1.00. The molecule has 0 aromatic heterocycles. The molecule has 1 saturated heterocycles. The average molecular weight is 248 g/mol. The predicted molar refractivity (Wildman–Crippen MR) is 74.6 cm³/mol. The second-order valence-corrected chi connectivity index (χ2v) is 7.65. The van der Waals surface area contributed by atoms with E-state index >= 15 is 0 Å². The van der Waals surface area contributed by atoms with E-state index in [1.807, 2.05) is 0 Å². The van der Waals surface area contributed by atoms with E-state index in [4.69, 9.17) is 0 Å². The first-order valence-corrected chi connectivity index (χ1v) is 8.26. The molecule has 2 heteroatoms. The summed E-state index contributed by atoms with van der Waals surface area (Å²) in [6.07, 6.45) is 10.6. The molecule has 1 heterocycles. The van der Waals surface area contributed by atoms with Crippen molar-refractivity contribution in [1.29, 1.82) is 0 Å². The van der Waals surface area contributed by atoms with E-state index < -0.39 is 0 Å². The van der Waals surface area contributed by atoms with E-state index in [9.17, 15) is 0 Å². The van der Waals surface area contributed by atoms with E-state index in [1.54, 1.807) is 19.3 Å². The number of piperazine rings is 1. The van der Waals surface area contributed by atoms with Crippen molar-refractivity contribution in [2.24, 2.45) is 17.8 Å². The van der Waals surface area contributed by atoms with E-state index in [2.05, 4.69) is 17.1 Å². The number of nitrogens with one attached hydrogen (secondary N) is 1.